The Labute approximate surface area is 124 Å². The summed E-state index contributed by atoms with van der Waals surface area (Å²) in [5.74, 6) is 1.67. The van der Waals surface area contributed by atoms with Crippen molar-refractivity contribution >= 4 is 0 Å². The van der Waals surface area contributed by atoms with Crippen molar-refractivity contribution in [3.8, 4) is 17.0 Å². The lowest BCUT2D eigenvalue weighted by Gasteiger charge is -2.05. The normalized spacial score (nSPS) is 10.3. The number of hydrogen-bond acceptors (Lipinski definition) is 3. The van der Waals surface area contributed by atoms with Gasteiger partial charge >= 0.3 is 0 Å². The van der Waals surface area contributed by atoms with Crippen LogP contribution < -0.4 is 4.74 Å². The van der Waals surface area contributed by atoms with Gasteiger partial charge in [-0.15, -0.1) is 0 Å². The highest BCUT2D eigenvalue weighted by molar-refractivity contribution is 5.59. The van der Waals surface area contributed by atoms with Gasteiger partial charge in [-0.05, 0) is 35.9 Å². The van der Waals surface area contributed by atoms with Gasteiger partial charge in [0, 0.05) is 18.2 Å². The molecule has 2 aromatic carbocycles. The molecule has 0 aliphatic carbocycles. The van der Waals surface area contributed by atoms with Crippen LogP contribution in [0, 0.1) is 0 Å². The van der Waals surface area contributed by atoms with E-state index in [-0.39, 0.29) is 0 Å². The summed E-state index contributed by atoms with van der Waals surface area (Å²) < 4.78 is 5.18. The molecule has 3 aromatic rings. The first-order valence-corrected chi connectivity index (χ1v) is 6.85. The molecule has 1 heterocycles. The minimum atomic E-state index is 0.741. The van der Waals surface area contributed by atoms with Crippen LogP contribution in [0.3, 0.4) is 0 Å². The van der Waals surface area contributed by atoms with E-state index in [4.69, 9.17) is 4.74 Å². The number of benzene rings is 2. The molecule has 0 radical (unpaired) electrons. The van der Waals surface area contributed by atoms with E-state index in [9.17, 15) is 0 Å². The third kappa shape index (κ3) is 3.26. The molecule has 0 spiro atoms. The first-order chi connectivity index (χ1) is 10.3. The predicted molar refractivity (Wildman–Crippen MR) is 83.3 cm³/mol. The van der Waals surface area contributed by atoms with Crippen LogP contribution in [0.15, 0.2) is 66.9 Å². The van der Waals surface area contributed by atoms with Crippen LogP contribution in [0.5, 0.6) is 5.75 Å². The molecule has 0 saturated carbocycles. The van der Waals surface area contributed by atoms with Gasteiger partial charge in [0.25, 0.3) is 0 Å². The molecule has 3 heteroatoms. The zero-order valence-corrected chi connectivity index (χ0v) is 11.9. The topological polar surface area (TPSA) is 35.0 Å². The Morgan fingerprint density at radius 3 is 2.38 bits per heavy atom. The van der Waals surface area contributed by atoms with Crippen LogP contribution in [0.4, 0.5) is 0 Å². The Hall–Kier alpha value is -2.68. The third-order valence-electron chi connectivity index (χ3n) is 3.30. The van der Waals surface area contributed by atoms with Crippen LogP contribution in [-0.2, 0) is 6.42 Å². The van der Waals surface area contributed by atoms with Gasteiger partial charge in [-0.2, -0.15) is 0 Å². The highest BCUT2D eigenvalue weighted by Crippen LogP contribution is 2.20. The molecule has 0 saturated heterocycles. The molecule has 21 heavy (non-hydrogen) atoms. The molecule has 1 aromatic heterocycles. The van der Waals surface area contributed by atoms with E-state index in [0.717, 1.165) is 29.3 Å². The van der Waals surface area contributed by atoms with E-state index in [0.29, 0.717) is 0 Å². The highest BCUT2D eigenvalue weighted by atomic mass is 16.5. The lowest BCUT2D eigenvalue weighted by Crippen LogP contribution is -1.97. The average molecular weight is 276 g/mol. The average Bonchev–Trinajstić information content (AvgIpc) is 2.56. The maximum atomic E-state index is 5.18. The van der Waals surface area contributed by atoms with E-state index in [2.05, 4.69) is 22.1 Å². The minimum Gasteiger partial charge on any atom is -0.497 e. The molecule has 0 atom stereocenters. The molecule has 0 unspecified atom stereocenters. The van der Waals surface area contributed by atoms with Gasteiger partial charge in [-0.25, -0.2) is 9.97 Å². The molecule has 0 aliphatic rings. The van der Waals surface area contributed by atoms with E-state index < -0.39 is 0 Å². The van der Waals surface area contributed by atoms with Crippen molar-refractivity contribution in [3.05, 3.63) is 78.2 Å². The van der Waals surface area contributed by atoms with Crippen LogP contribution in [0.1, 0.15) is 11.4 Å². The molecule has 0 bridgehead atoms. The van der Waals surface area contributed by atoms with Crippen molar-refractivity contribution in [3.63, 3.8) is 0 Å². The smallest absolute Gasteiger partial charge is 0.133 e. The van der Waals surface area contributed by atoms with Crippen LogP contribution in [-0.4, -0.2) is 17.1 Å². The van der Waals surface area contributed by atoms with Crippen molar-refractivity contribution in [2.45, 2.75) is 6.42 Å². The van der Waals surface area contributed by atoms with E-state index in [1.54, 1.807) is 7.11 Å². The summed E-state index contributed by atoms with van der Waals surface area (Å²) in [6, 6.07) is 20.1. The van der Waals surface area contributed by atoms with Gasteiger partial charge in [0.1, 0.15) is 11.6 Å². The molecule has 3 rings (SSSR count). The SMILES string of the molecule is COc1ccc(-c2ccnc(Cc3ccccc3)n2)cc1. The summed E-state index contributed by atoms with van der Waals surface area (Å²) in [6.07, 6.45) is 2.55. The Kier molecular flexibility index (Phi) is 3.92. The van der Waals surface area contributed by atoms with Crippen LogP contribution in [0.2, 0.25) is 0 Å². The summed E-state index contributed by atoms with van der Waals surface area (Å²) in [6.45, 7) is 0. The Morgan fingerprint density at radius 2 is 1.67 bits per heavy atom. The number of methoxy groups -OCH3 is 1. The molecule has 0 N–H and O–H groups in total. The number of hydrogen-bond donors (Lipinski definition) is 0. The highest BCUT2D eigenvalue weighted by Gasteiger charge is 2.03. The largest absolute Gasteiger partial charge is 0.497 e. The van der Waals surface area contributed by atoms with Gasteiger partial charge in [-0.3, -0.25) is 0 Å². The first kappa shape index (κ1) is 13.3. The second-order valence-corrected chi connectivity index (χ2v) is 4.75. The van der Waals surface area contributed by atoms with Crippen molar-refractivity contribution in [1.82, 2.24) is 9.97 Å². The molecular formula is C18H16N2O. The fraction of sp³-hybridized carbons (Fsp3) is 0.111. The lowest BCUT2D eigenvalue weighted by atomic mass is 10.1. The number of rotatable bonds is 4. The summed E-state index contributed by atoms with van der Waals surface area (Å²) >= 11 is 0. The predicted octanol–water partition coefficient (Wildman–Crippen LogP) is 3.74. The lowest BCUT2D eigenvalue weighted by molar-refractivity contribution is 0.415. The Bertz CT molecular complexity index is 709. The third-order valence-corrected chi connectivity index (χ3v) is 3.30. The minimum absolute atomic E-state index is 0.741. The maximum Gasteiger partial charge on any atom is 0.133 e. The second kappa shape index (κ2) is 6.18. The van der Waals surface area contributed by atoms with Gasteiger partial charge in [0.15, 0.2) is 0 Å². The Morgan fingerprint density at radius 1 is 0.905 bits per heavy atom. The van der Waals surface area contributed by atoms with Crippen molar-refractivity contribution in [1.29, 1.82) is 0 Å². The number of ether oxygens (including phenoxy) is 1. The fourth-order valence-corrected chi connectivity index (χ4v) is 2.19. The standard InChI is InChI=1S/C18H16N2O/c1-21-16-9-7-15(8-10-16)17-11-12-19-18(20-17)13-14-5-3-2-4-6-14/h2-12H,13H2,1H3. The quantitative estimate of drug-likeness (QED) is 0.728. The van der Waals surface area contributed by atoms with Gasteiger partial charge < -0.3 is 4.74 Å². The monoisotopic (exact) mass is 276 g/mol. The Balaban J connectivity index is 1.85. The van der Waals surface area contributed by atoms with Gasteiger partial charge in [-0.1, -0.05) is 30.3 Å². The summed E-state index contributed by atoms with van der Waals surface area (Å²) in [5, 5.41) is 0. The fourth-order valence-electron chi connectivity index (χ4n) is 2.19. The van der Waals surface area contributed by atoms with Crippen molar-refractivity contribution in [2.24, 2.45) is 0 Å². The number of aromatic nitrogens is 2. The van der Waals surface area contributed by atoms with E-state index >= 15 is 0 Å². The zero-order chi connectivity index (χ0) is 14.5. The molecule has 0 aliphatic heterocycles. The molecule has 104 valence electrons. The molecule has 0 amide bonds. The molecule has 3 nitrogen and oxygen atoms in total. The zero-order valence-electron chi connectivity index (χ0n) is 11.9. The van der Waals surface area contributed by atoms with Crippen LogP contribution in [0.25, 0.3) is 11.3 Å². The molecular weight excluding hydrogens is 260 g/mol. The maximum absolute atomic E-state index is 5.18. The summed E-state index contributed by atoms with van der Waals surface area (Å²) in [7, 11) is 1.66. The van der Waals surface area contributed by atoms with Gasteiger partial charge in [0.05, 0.1) is 12.8 Å². The first-order valence-electron chi connectivity index (χ1n) is 6.85. The summed E-state index contributed by atoms with van der Waals surface area (Å²) in [4.78, 5) is 9.00. The summed E-state index contributed by atoms with van der Waals surface area (Å²) in [5.41, 5.74) is 3.20. The molecule has 0 fully saturated rings. The van der Waals surface area contributed by atoms with Crippen molar-refractivity contribution in [2.75, 3.05) is 7.11 Å². The number of nitrogens with zero attached hydrogens (tertiary/aromatic N) is 2. The van der Waals surface area contributed by atoms with Gasteiger partial charge in [0.2, 0.25) is 0 Å². The van der Waals surface area contributed by atoms with Crippen molar-refractivity contribution < 1.29 is 4.74 Å². The van der Waals surface area contributed by atoms with Crippen LogP contribution >= 0.6 is 0 Å². The van der Waals surface area contributed by atoms with E-state index in [1.807, 2.05) is 54.7 Å². The van der Waals surface area contributed by atoms with E-state index in [1.165, 1.54) is 5.56 Å². The second-order valence-electron chi connectivity index (χ2n) is 4.75.